The van der Waals surface area contributed by atoms with E-state index in [4.69, 9.17) is 0 Å². The Hall–Kier alpha value is -1.95. The molecule has 1 amide bonds. The van der Waals surface area contributed by atoms with E-state index in [2.05, 4.69) is 19.2 Å². The van der Waals surface area contributed by atoms with Crippen molar-refractivity contribution in [2.45, 2.75) is 46.1 Å². The summed E-state index contributed by atoms with van der Waals surface area (Å²) in [5.41, 5.74) is -0.0917. The minimum Gasteiger partial charge on any atom is -0.388 e. The molecule has 0 fully saturated rings. The lowest BCUT2D eigenvalue weighted by molar-refractivity contribution is -0.384. The lowest BCUT2D eigenvalue weighted by atomic mass is 9.95. The monoisotopic (exact) mass is 308 g/mol. The lowest BCUT2D eigenvalue weighted by Gasteiger charge is -2.24. The van der Waals surface area contributed by atoms with E-state index in [1.807, 2.05) is 0 Å². The lowest BCUT2D eigenvalue weighted by Crippen LogP contribution is -2.41. The van der Waals surface area contributed by atoms with Crippen LogP contribution in [0, 0.1) is 23.0 Å². The second kappa shape index (κ2) is 7.35. The van der Waals surface area contributed by atoms with E-state index in [0.29, 0.717) is 23.5 Å². The van der Waals surface area contributed by atoms with Gasteiger partial charge in [-0.3, -0.25) is 14.9 Å². The van der Waals surface area contributed by atoms with Crippen molar-refractivity contribution >= 4 is 11.6 Å². The van der Waals surface area contributed by atoms with Crippen LogP contribution in [-0.2, 0) is 0 Å². The summed E-state index contributed by atoms with van der Waals surface area (Å²) >= 11 is 0. The van der Waals surface area contributed by atoms with Gasteiger partial charge in [-0.25, -0.2) is 0 Å². The molecular formula is C16H24N2O4. The fourth-order valence-electron chi connectivity index (χ4n) is 2.07. The van der Waals surface area contributed by atoms with Crippen LogP contribution in [0.25, 0.3) is 0 Å². The number of nitrogens with one attached hydrogen (secondary N) is 1. The molecule has 1 unspecified atom stereocenters. The number of nitrogens with zero attached hydrogens (tertiary/aromatic N) is 1. The van der Waals surface area contributed by atoms with Gasteiger partial charge in [0.1, 0.15) is 0 Å². The van der Waals surface area contributed by atoms with Crippen molar-refractivity contribution in [1.82, 2.24) is 5.32 Å². The maximum atomic E-state index is 12.1. The van der Waals surface area contributed by atoms with Crippen LogP contribution < -0.4 is 5.32 Å². The summed E-state index contributed by atoms with van der Waals surface area (Å²) in [6.45, 7) is 7.65. The van der Waals surface area contributed by atoms with E-state index >= 15 is 0 Å². The molecule has 0 saturated carbocycles. The summed E-state index contributed by atoms with van der Waals surface area (Å²) < 4.78 is 0. The first-order valence-electron chi connectivity index (χ1n) is 7.38. The zero-order chi connectivity index (χ0) is 16.9. The number of benzene rings is 1. The van der Waals surface area contributed by atoms with Crippen molar-refractivity contribution in [3.8, 4) is 0 Å². The molecule has 1 atom stereocenters. The predicted molar refractivity (Wildman–Crippen MR) is 84.9 cm³/mol. The fourth-order valence-corrected chi connectivity index (χ4v) is 2.07. The molecule has 2 N–H and O–H groups in total. The van der Waals surface area contributed by atoms with Crippen LogP contribution in [0.3, 0.4) is 0 Å². The van der Waals surface area contributed by atoms with Crippen LogP contribution in [-0.4, -0.2) is 28.1 Å². The average molecular weight is 308 g/mol. The topological polar surface area (TPSA) is 92.5 Å². The van der Waals surface area contributed by atoms with Crippen molar-refractivity contribution in [2.24, 2.45) is 5.92 Å². The molecule has 1 aromatic rings. The molecule has 6 nitrogen and oxygen atoms in total. The van der Waals surface area contributed by atoms with Crippen LogP contribution in [0.2, 0.25) is 0 Å². The van der Waals surface area contributed by atoms with Crippen molar-refractivity contribution in [3.05, 3.63) is 39.4 Å². The summed E-state index contributed by atoms with van der Waals surface area (Å²) in [6, 6.07) is 4.11. The summed E-state index contributed by atoms with van der Waals surface area (Å²) in [5, 5.41) is 23.6. The van der Waals surface area contributed by atoms with Crippen molar-refractivity contribution < 1.29 is 14.8 Å². The van der Waals surface area contributed by atoms with Gasteiger partial charge in [-0.2, -0.15) is 0 Å². The predicted octanol–water partition coefficient (Wildman–Crippen LogP) is 2.82. The Bertz CT molecular complexity index is 553. The Morgan fingerprint density at radius 1 is 1.45 bits per heavy atom. The molecule has 1 aromatic carbocycles. The first-order chi connectivity index (χ1) is 10.1. The molecule has 0 heterocycles. The largest absolute Gasteiger partial charge is 0.388 e. The third-order valence-electron chi connectivity index (χ3n) is 3.56. The van der Waals surface area contributed by atoms with Crippen molar-refractivity contribution in [3.63, 3.8) is 0 Å². The number of aliphatic hydroxyl groups is 1. The molecule has 0 spiro atoms. The van der Waals surface area contributed by atoms with Crippen molar-refractivity contribution in [1.29, 1.82) is 0 Å². The second-order valence-electron chi connectivity index (χ2n) is 6.37. The van der Waals surface area contributed by atoms with Gasteiger partial charge in [-0.15, -0.1) is 0 Å². The van der Waals surface area contributed by atoms with Crippen LogP contribution in [0.5, 0.6) is 0 Å². The van der Waals surface area contributed by atoms with E-state index in [1.165, 1.54) is 18.2 Å². The maximum Gasteiger partial charge on any atom is 0.269 e. The summed E-state index contributed by atoms with van der Waals surface area (Å²) in [4.78, 5) is 22.3. The summed E-state index contributed by atoms with van der Waals surface area (Å²) in [5.74, 6) is 0.149. The normalized spacial score (nSPS) is 13.7. The highest BCUT2D eigenvalue weighted by Crippen LogP contribution is 2.18. The Kier molecular flexibility index (Phi) is 6.05. The number of nitro groups is 1. The van der Waals surface area contributed by atoms with Crippen LogP contribution in [0.15, 0.2) is 18.2 Å². The van der Waals surface area contributed by atoms with Gasteiger partial charge in [0.05, 0.1) is 10.5 Å². The van der Waals surface area contributed by atoms with Gasteiger partial charge in [-0.1, -0.05) is 13.8 Å². The molecule has 6 heteroatoms. The number of carbonyl (C=O) groups excluding carboxylic acids is 1. The minimum atomic E-state index is -0.964. The molecule has 0 aliphatic carbocycles. The molecule has 0 radical (unpaired) electrons. The number of hydrogen-bond acceptors (Lipinski definition) is 4. The molecule has 22 heavy (non-hydrogen) atoms. The number of amides is 1. The Morgan fingerprint density at radius 2 is 2.09 bits per heavy atom. The van der Waals surface area contributed by atoms with Gasteiger partial charge >= 0.3 is 0 Å². The van der Waals surface area contributed by atoms with Gasteiger partial charge in [0.15, 0.2) is 0 Å². The molecule has 0 aliphatic rings. The highest BCUT2D eigenvalue weighted by atomic mass is 16.6. The number of carbonyl (C=O) groups is 1. The first kappa shape index (κ1) is 18.1. The van der Waals surface area contributed by atoms with E-state index in [-0.39, 0.29) is 18.1 Å². The molecule has 1 rings (SSSR count). The zero-order valence-electron chi connectivity index (χ0n) is 13.5. The molecule has 0 aromatic heterocycles. The number of nitro benzene ring substituents is 1. The molecule has 0 aliphatic heterocycles. The molecule has 122 valence electrons. The average Bonchev–Trinajstić information content (AvgIpc) is 2.42. The van der Waals surface area contributed by atoms with Gasteiger partial charge in [0.2, 0.25) is 0 Å². The van der Waals surface area contributed by atoms with Crippen LogP contribution >= 0.6 is 0 Å². The summed E-state index contributed by atoms with van der Waals surface area (Å²) in [6.07, 6.45) is 1.48. The van der Waals surface area contributed by atoms with Gasteiger partial charge in [0, 0.05) is 24.2 Å². The molecule has 0 saturated heterocycles. The van der Waals surface area contributed by atoms with Gasteiger partial charge in [-0.05, 0) is 44.2 Å². The highest BCUT2D eigenvalue weighted by Gasteiger charge is 2.22. The molecular weight excluding hydrogens is 284 g/mol. The minimum absolute atomic E-state index is 0.0435. The SMILES string of the molecule is Cc1cc([N+](=O)[O-])ccc1C(=O)NCC(C)(O)CCC(C)C. The Morgan fingerprint density at radius 3 is 2.59 bits per heavy atom. The number of aryl methyl sites for hydroxylation is 1. The van der Waals surface area contributed by atoms with E-state index in [9.17, 15) is 20.0 Å². The standard InChI is InChI=1S/C16H24N2O4/c1-11(2)7-8-16(4,20)10-17-15(19)14-6-5-13(18(21)22)9-12(14)3/h5-6,9,11,20H,7-8,10H2,1-4H3,(H,17,19). The van der Waals surface area contributed by atoms with E-state index < -0.39 is 10.5 Å². The zero-order valence-corrected chi connectivity index (χ0v) is 13.5. The smallest absolute Gasteiger partial charge is 0.269 e. The van der Waals surface area contributed by atoms with Crippen molar-refractivity contribution in [2.75, 3.05) is 6.54 Å². The Balaban J connectivity index is 2.68. The highest BCUT2D eigenvalue weighted by molar-refractivity contribution is 5.95. The van der Waals surface area contributed by atoms with Gasteiger partial charge < -0.3 is 10.4 Å². The van der Waals surface area contributed by atoms with Crippen LogP contribution in [0.4, 0.5) is 5.69 Å². The van der Waals surface area contributed by atoms with E-state index in [0.717, 1.165) is 6.42 Å². The number of rotatable bonds is 7. The number of non-ortho nitro benzene ring substituents is 1. The van der Waals surface area contributed by atoms with E-state index in [1.54, 1.807) is 13.8 Å². The first-order valence-corrected chi connectivity index (χ1v) is 7.38. The summed E-state index contributed by atoms with van der Waals surface area (Å²) in [7, 11) is 0. The number of hydrogen-bond donors (Lipinski definition) is 2. The Labute approximate surface area is 130 Å². The fraction of sp³-hybridized carbons (Fsp3) is 0.562. The maximum absolute atomic E-state index is 12.1. The molecule has 0 bridgehead atoms. The quantitative estimate of drug-likeness (QED) is 0.598. The second-order valence-corrected chi connectivity index (χ2v) is 6.37. The van der Waals surface area contributed by atoms with Crippen LogP contribution in [0.1, 0.15) is 49.5 Å². The third kappa shape index (κ3) is 5.44. The van der Waals surface area contributed by atoms with Gasteiger partial charge in [0.25, 0.3) is 11.6 Å². The third-order valence-corrected chi connectivity index (χ3v) is 3.56.